The maximum atomic E-state index is 5.90. The zero-order valence-electron chi connectivity index (χ0n) is 8.39. The predicted molar refractivity (Wildman–Crippen MR) is 61.6 cm³/mol. The first-order valence-electron chi connectivity index (χ1n) is 4.60. The first-order valence-corrected chi connectivity index (χ1v) is 5.41. The van der Waals surface area contributed by atoms with Crippen LogP contribution in [0.2, 0.25) is 5.02 Å². The number of ether oxygens (including phenoxy) is 1. The predicted octanol–water partition coefficient (Wildman–Crippen LogP) is 3.91. The van der Waals surface area contributed by atoms with Gasteiger partial charge in [-0.15, -0.1) is 11.6 Å². The van der Waals surface area contributed by atoms with Gasteiger partial charge in [-0.05, 0) is 43.5 Å². The average Bonchev–Trinajstić information content (AvgIpc) is 2.15. The summed E-state index contributed by atoms with van der Waals surface area (Å²) in [5, 5.41) is 0.918. The number of rotatable bonds is 4. The Kier molecular flexibility index (Phi) is 4.56. The van der Waals surface area contributed by atoms with Gasteiger partial charge in [-0.25, -0.2) is 0 Å². The minimum absolute atomic E-state index is 0.179. The standard InChI is InChI=1S/C11H14Cl2O/c1-8(12)3-4-9-7-10(13)5-6-11(9)14-2/h5-8H,3-4H2,1-2H3. The Morgan fingerprint density at radius 2 is 2.14 bits per heavy atom. The molecule has 0 aliphatic carbocycles. The number of benzene rings is 1. The van der Waals surface area contributed by atoms with Crippen molar-refractivity contribution in [2.45, 2.75) is 25.1 Å². The average molecular weight is 233 g/mol. The summed E-state index contributed by atoms with van der Waals surface area (Å²) in [6, 6.07) is 5.64. The van der Waals surface area contributed by atoms with Gasteiger partial charge in [0, 0.05) is 10.4 Å². The van der Waals surface area contributed by atoms with Crippen LogP contribution in [-0.2, 0) is 6.42 Å². The van der Waals surface area contributed by atoms with E-state index in [0.29, 0.717) is 0 Å². The summed E-state index contributed by atoms with van der Waals surface area (Å²) in [6.45, 7) is 1.98. The lowest BCUT2D eigenvalue weighted by atomic mass is 10.1. The molecule has 78 valence electrons. The van der Waals surface area contributed by atoms with Crippen LogP contribution in [0.3, 0.4) is 0 Å². The molecule has 14 heavy (non-hydrogen) atoms. The van der Waals surface area contributed by atoms with E-state index < -0.39 is 0 Å². The molecule has 0 saturated carbocycles. The molecule has 1 aromatic rings. The first kappa shape index (κ1) is 11.7. The third kappa shape index (κ3) is 3.39. The Morgan fingerprint density at radius 3 is 2.71 bits per heavy atom. The molecular formula is C11H14Cl2O. The minimum atomic E-state index is 0.179. The fourth-order valence-electron chi connectivity index (χ4n) is 1.30. The molecule has 0 aliphatic heterocycles. The molecule has 0 saturated heterocycles. The maximum absolute atomic E-state index is 5.90. The highest BCUT2D eigenvalue weighted by Gasteiger charge is 2.05. The fourth-order valence-corrected chi connectivity index (χ4v) is 1.60. The fraction of sp³-hybridized carbons (Fsp3) is 0.455. The number of halogens is 2. The molecule has 1 atom stereocenters. The second-order valence-electron chi connectivity index (χ2n) is 3.28. The lowest BCUT2D eigenvalue weighted by Crippen LogP contribution is -1.97. The smallest absolute Gasteiger partial charge is 0.122 e. The third-order valence-electron chi connectivity index (χ3n) is 2.05. The highest BCUT2D eigenvalue weighted by molar-refractivity contribution is 6.30. The quantitative estimate of drug-likeness (QED) is 0.716. The molecule has 3 heteroatoms. The van der Waals surface area contributed by atoms with Gasteiger partial charge < -0.3 is 4.74 Å². The SMILES string of the molecule is COc1ccc(Cl)cc1CCC(C)Cl. The van der Waals surface area contributed by atoms with Crippen molar-refractivity contribution >= 4 is 23.2 Å². The Balaban J connectivity index is 2.77. The molecule has 0 aliphatic rings. The first-order chi connectivity index (χ1) is 6.63. The van der Waals surface area contributed by atoms with Gasteiger partial charge in [-0.2, -0.15) is 0 Å². The maximum Gasteiger partial charge on any atom is 0.122 e. The van der Waals surface area contributed by atoms with E-state index in [1.54, 1.807) is 7.11 Å². The molecule has 0 radical (unpaired) electrons. The molecule has 0 amide bonds. The van der Waals surface area contributed by atoms with E-state index in [1.807, 2.05) is 25.1 Å². The Bertz CT molecular complexity index is 297. The van der Waals surface area contributed by atoms with Gasteiger partial charge in [0.15, 0.2) is 0 Å². The molecule has 0 aromatic heterocycles. The zero-order chi connectivity index (χ0) is 10.6. The van der Waals surface area contributed by atoms with Crippen LogP contribution in [0.1, 0.15) is 18.9 Å². The van der Waals surface area contributed by atoms with Crippen LogP contribution in [0.4, 0.5) is 0 Å². The summed E-state index contributed by atoms with van der Waals surface area (Å²) >= 11 is 11.8. The van der Waals surface area contributed by atoms with Crippen LogP contribution < -0.4 is 4.74 Å². The topological polar surface area (TPSA) is 9.23 Å². The van der Waals surface area contributed by atoms with E-state index in [2.05, 4.69) is 0 Å². The van der Waals surface area contributed by atoms with Gasteiger partial charge in [0.2, 0.25) is 0 Å². The normalized spacial score (nSPS) is 12.6. The van der Waals surface area contributed by atoms with Crippen LogP contribution in [-0.4, -0.2) is 12.5 Å². The zero-order valence-corrected chi connectivity index (χ0v) is 9.90. The summed E-state index contributed by atoms with van der Waals surface area (Å²) in [5.41, 5.74) is 1.12. The molecule has 0 N–H and O–H groups in total. The number of hydrogen-bond donors (Lipinski definition) is 0. The Labute approximate surface area is 95.0 Å². The lowest BCUT2D eigenvalue weighted by molar-refractivity contribution is 0.409. The number of methoxy groups -OCH3 is 1. The summed E-state index contributed by atoms with van der Waals surface area (Å²) < 4.78 is 5.23. The molecule has 1 nitrogen and oxygen atoms in total. The number of aryl methyl sites for hydroxylation is 1. The molecule has 1 aromatic carbocycles. The minimum Gasteiger partial charge on any atom is -0.496 e. The highest BCUT2D eigenvalue weighted by Crippen LogP contribution is 2.24. The van der Waals surface area contributed by atoms with Crippen molar-refractivity contribution in [3.63, 3.8) is 0 Å². The molecule has 0 spiro atoms. The lowest BCUT2D eigenvalue weighted by Gasteiger charge is -2.09. The monoisotopic (exact) mass is 232 g/mol. The van der Waals surface area contributed by atoms with E-state index >= 15 is 0 Å². The summed E-state index contributed by atoms with van der Waals surface area (Å²) in [5.74, 6) is 0.881. The van der Waals surface area contributed by atoms with E-state index in [1.165, 1.54) is 0 Å². The molecule has 1 unspecified atom stereocenters. The Hall–Kier alpha value is -0.400. The molecule has 0 fully saturated rings. The summed E-state index contributed by atoms with van der Waals surface area (Å²) in [6.07, 6.45) is 1.83. The second-order valence-corrected chi connectivity index (χ2v) is 4.46. The highest BCUT2D eigenvalue weighted by atomic mass is 35.5. The van der Waals surface area contributed by atoms with Crippen molar-refractivity contribution in [2.75, 3.05) is 7.11 Å². The van der Waals surface area contributed by atoms with Gasteiger partial charge in [-0.3, -0.25) is 0 Å². The van der Waals surface area contributed by atoms with Crippen molar-refractivity contribution in [2.24, 2.45) is 0 Å². The number of alkyl halides is 1. The molecule has 0 heterocycles. The van der Waals surface area contributed by atoms with Gasteiger partial charge in [-0.1, -0.05) is 11.6 Å². The van der Waals surface area contributed by atoms with Crippen molar-refractivity contribution < 1.29 is 4.74 Å². The molecular weight excluding hydrogens is 219 g/mol. The van der Waals surface area contributed by atoms with Crippen LogP contribution >= 0.6 is 23.2 Å². The van der Waals surface area contributed by atoms with Gasteiger partial charge in [0.25, 0.3) is 0 Å². The van der Waals surface area contributed by atoms with Crippen molar-refractivity contribution in [3.05, 3.63) is 28.8 Å². The van der Waals surface area contributed by atoms with Crippen LogP contribution in [0.25, 0.3) is 0 Å². The molecule has 0 bridgehead atoms. The summed E-state index contributed by atoms with van der Waals surface area (Å²) in [7, 11) is 1.66. The molecule has 1 rings (SSSR count). The van der Waals surface area contributed by atoms with Gasteiger partial charge >= 0.3 is 0 Å². The summed E-state index contributed by atoms with van der Waals surface area (Å²) in [4.78, 5) is 0. The van der Waals surface area contributed by atoms with Crippen molar-refractivity contribution in [1.29, 1.82) is 0 Å². The van der Waals surface area contributed by atoms with E-state index in [-0.39, 0.29) is 5.38 Å². The third-order valence-corrected chi connectivity index (χ3v) is 2.51. The van der Waals surface area contributed by atoms with Crippen LogP contribution in [0.5, 0.6) is 5.75 Å². The number of hydrogen-bond acceptors (Lipinski definition) is 1. The largest absolute Gasteiger partial charge is 0.496 e. The van der Waals surface area contributed by atoms with Crippen LogP contribution in [0.15, 0.2) is 18.2 Å². The van der Waals surface area contributed by atoms with E-state index in [0.717, 1.165) is 29.2 Å². The van der Waals surface area contributed by atoms with Gasteiger partial charge in [0.05, 0.1) is 7.11 Å². The van der Waals surface area contributed by atoms with Gasteiger partial charge in [0.1, 0.15) is 5.75 Å². The Morgan fingerprint density at radius 1 is 1.43 bits per heavy atom. The van der Waals surface area contributed by atoms with Crippen LogP contribution in [0, 0.1) is 0 Å². The van der Waals surface area contributed by atoms with E-state index in [9.17, 15) is 0 Å². The second kappa shape index (κ2) is 5.47. The van der Waals surface area contributed by atoms with Crippen molar-refractivity contribution in [3.8, 4) is 5.75 Å². The van der Waals surface area contributed by atoms with Crippen molar-refractivity contribution in [1.82, 2.24) is 0 Å². The van der Waals surface area contributed by atoms with E-state index in [4.69, 9.17) is 27.9 Å².